The number of aryl methyl sites for hydroxylation is 2. The first kappa shape index (κ1) is 17.6. The summed E-state index contributed by atoms with van der Waals surface area (Å²) in [6.45, 7) is 6.84. The standard InChI is InChI=1S/C22H22N6O/c1-4-28-20(10-18(26-28)15-6-5-7-23-11-15)17-8-16-9-19(25-22(16)24-12-17)21-13(2)27-29-14(21)3/h5-9,11-12,20H,4,10H2,1-3H3,(H,24,25). The Hall–Kier alpha value is -3.48. The number of rotatable bonds is 4. The molecule has 0 saturated carbocycles. The van der Waals surface area contributed by atoms with Gasteiger partial charge >= 0.3 is 0 Å². The molecule has 0 radical (unpaired) electrons. The second-order valence-electron chi connectivity index (χ2n) is 7.35. The molecule has 0 aromatic carbocycles. The lowest BCUT2D eigenvalue weighted by Gasteiger charge is -2.21. The fraction of sp³-hybridized carbons (Fsp3) is 0.273. The predicted octanol–water partition coefficient (Wildman–Crippen LogP) is 4.40. The van der Waals surface area contributed by atoms with Gasteiger partial charge in [0, 0.05) is 42.5 Å². The van der Waals surface area contributed by atoms with Crippen molar-refractivity contribution in [1.82, 2.24) is 25.1 Å². The van der Waals surface area contributed by atoms with Gasteiger partial charge in [-0.25, -0.2) is 4.98 Å². The molecule has 0 fully saturated rings. The van der Waals surface area contributed by atoms with Crippen molar-refractivity contribution < 1.29 is 4.52 Å². The number of hydrogen-bond donors (Lipinski definition) is 1. The average molecular weight is 386 g/mol. The summed E-state index contributed by atoms with van der Waals surface area (Å²) >= 11 is 0. The van der Waals surface area contributed by atoms with E-state index in [0.29, 0.717) is 0 Å². The van der Waals surface area contributed by atoms with Crippen LogP contribution in [-0.2, 0) is 0 Å². The van der Waals surface area contributed by atoms with Crippen LogP contribution >= 0.6 is 0 Å². The van der Waals surface area contributed by atoms with E-state index in [4.69, 9.17) is 9.62 Å². The Morgan fingerprint density at radius 3 is 2.86 bits per heavy atom. The Bertz CT molecular complexity index is 1190. The van der Waals surface area contributed by atoms with E-state index in [0.717, 1.165) is 63.5 Å². The number of pyridine rings is 2. The Labute approximate surface area is 168 Å². The molecule has 0 bridgehead atoms. The molecule has 146 valence electrons. The van der Waals surface area contributed by atoms with Crippen LogP contribution in [0.3, 0.4) is 0 Å². The van der Waals surface area contributed by atoms with Crippen molar-refractivity contribution in [3.8, 4) is 11.3 Å². The molecule has 1 unspecified atom stereocenters. The lowest BCUT2D eigenvalue weighted by Crippen LogP contribution is -2.18. The predicted molar refractivity (Wildman–Crippen MR) is 112 cm³/mol. The van der Waals surface area contributed by atoms with E-state index in [2.05, 4.69) is 50.2 Å². The third-order valence-electron chi connectivity index (χ3n) is 5.49. The molecule has 0 amide bonds. The van der Waals surface area contributed by atoms with Gasteiger partial charge in [0.2, 0.25) is 0 Å². The zero-order valence-electron chi connectivity index (χ0n) is 16.7. The van der Waals surface area contributed by atoms with Gasteiger partial charge in [-0.1, -0.05) is 11.2 Å². The molecule has 4 aromatic heterocycles. The van der Waals surface area contributed by atoms with Crippen LogP contribution < -0.4 is 0 Å². The molecule has 7 nitrogen and oxygen atoms in total. The quantitative estimate of drug-likeness (QED) is 0.562. The van der Waals surface area contributed by atoms with Crippen LogP contribution in [0, 0.1) is 13.8 Å². The van der Waals surface area contributed by atoms with Crippen molar-refractivity contribution >= 4 is 16.7 Å². The molecule has 4 aromatic rings. The summed E-state index contributed by atoms with van der Waals surface area (Å²) in [5.41, 5.74) is 7.01. The van der Waals surface area contributed by atoms with E-state index in [1.165, 1.54) is 0 Å². The van der Waals surface area contributed by atoms with Crippen molar-refractivity contribution in [2.75, 3.05) is 6.54 Å². The minimum Gasteiger partial charge on any atom is -0.361 e. The number of fused-ring (bicyclic) bond motifs is 1. The van der Waals surface area contributed by atoms with Gasteiger partial charge in [0.25, 0.3) is 0 Å². The normalized spacial score (nSPS) is 16.6. The molecule has 0 spiro atoms. The van der Waals surface area contributed by atoms with Gasteiger partial charge in [0.1, 0.15) is 11.4 Å². The molecule has 1 aliphatic rings. The van der Waals surface area contributed by atoms with Crippen LogP contribution in [0.15, 0.2) is 52.5 Å². The van der Waals surface area contributed by atoms with Crippen LogP contribution in [0.25, 0.3) is 22.3 Å². The van der Waals surface area contributed by atoms with Crippen LogP contribution in [0.2, 0.25) is 0 Å². The molecule has 5 rings (SSSR count). The smallest absolute Gasteiger partial charge is 0.143 e. The fourth-order valence-electron chi connectivity index (χ4n) is 4.06. The molecule has 29 heavy (non-hydrogen) atoms. The summed E-state index contributed by atoms with van der Waals surface area (Å²) in [6.07, 6.45) is 6.45. The largest absolute Gasteiger partial charge is 0.361 e. The van der Waals surface area contributed by atoms with Gasteiger partial charge in [-0.15, -0.1) is 0 Å². The molecule has 5 heterocycles. The van der Waals surface area contributed by atoms with E-state index in [1.54, 1.807) is 6.20 Å². The number of H-pyrrole nitrogens is 1. The lowest BCUT2D eigenvalue weighted by molar-refractivity contribution is 0.246. The highest BCUT2D eigenvalue weighted by atomic mass is 16.5. The Kier molecular flexibility index (Phi) is 4.16. The molecular formula is C22H22N6O. The second-order valence-corrected chi connectivity index (χ2v) is 7.35. The summed E-state index contributed by atoms with van der Waals surface area (Å²) in [7, 11) is 0. The van der Waals surface area contributed by atoms with Crippen LogP contribution in [0.1, 0.15) is 42.0 Å². The number of aromatic amines is 1. The molecule has 1 N–H and O–H groups in total. The first-order valence-electron chi connectivity index (χ1n) is 9.80. The van der Waals surface area contributed by atoms with Gasteiger partial charge in [0.05, 0.1) is 28.7 Å². The van der Waals surface area contributed by atoms with E-state index in [1.807, 2.05) is 32.3 Å². The first-order chi connectivity index (χ1) is 14.1. The van der Waals surface area contributed by atoms with Crippen molar-refractivity contribution in [2.45, 2.75) is 33.2 Å². The third kappa shape index (κ3) is 2.99. The highest BCUT2D eigenvalue weighted by molar-refractivity contribution is 6.01. The number of aromatic nitrogens is 4. The maximum Gasteiger partial charge on any atom is 0.143 e. The van der Waals surface area contributed by atoms with E-state index in [9.17, 15) is 0 Å². The molecule has 0 saturated heterocycles. The maximum atomic E-state index is 5.32. The number of hydrogen-bond acceptors (Lipinski definition) is 6. The Balaban J connectivity index is 1.49. The number of nitrogens with one attached hydrogen (secondary N) is 1. The van der Waals surface area contributed by atoms with Gasteiger partial charge in [-0.3, -0.25) is 9.99 Å². The topological polar surface area (TPSA) is 83.2 Å². The Morgan fingerprint density at radius 2 is 2.14 bits per heavy atom. The SMILES string of the molecule is CCN1N=C(c2cccnc2)CC1c1cnc2[nH]c(-c3c(C)noc3C)cc2c1. The second kappa shape index (κ2) is 6.84. The van der Waals surface area contributed by atoms with Crippen molar-refractivity contribution in [3.05, 3.63) is 65.4 Å². The monoisotopic (exact) mass is 386 g/mol. The van der Waals surface area contributed by atoms with Crippen LogP contribution in [0.5, 0.6) is 0 Å². The van der Waals surface area contributed by atoms with Crippen molar-refractivity contribution in [3.63, 3.8) is 0 Å². The van der Waals surface area contributed by atoms with E-state index >= 15 is 0 Å². The minimum absolute atomic E-state index is 0.171. The number of nitrogens with zero attached hydrogens (tertiary/aromatic N) is 5. The first-order valence-corrected chi connectivity index (χ1v) is 9.80. The number of hydrazone groups is 1. The molecule has 7 heteroatoms. The Morgan fingerprint density at radius 1 is 1.24 bits per heavy atom. The van der Waals surface area contributed by atoms with Crippen LogP contribution in [-0.4, -0.2) is 37.4 Å². The maximum absolute atomic E-state index is 5.32. The molecule has 0 aliphatic carbocycles. The minimum atomic E-state index is 0.171. The average Bonchev–Trinajstić information content (AvgIpc) is 3.44. The van der Waals surface area contributed by atoms with E-state index in [-0.39, 0.29) is 6.04 Å². The summed E-state index contributed by atoms with van der Waals surface area (Å²) in [6, 6.07) is 8.50. The molecule has 1 aliphatic heterocycles. The third-order valence-corrected chi connectivity index (χ3v) is 5.49. The summed E-state index contributed by atoms with van der Waals surface area (Å²) in [5, 5.41) is 12.1. The molecule has 1 atom stereocenters. The zero-order chi connectivity index (χ0) is 20.0. The highest BCUT2D eigenvalue weighted by Gasteiger charge is 2.28. The fourth-order valence-corrected chi connectivity index (χ4v) is 4.06. The summed E-state index contributed by atoms with van der Waals surface area (Å²) in [4.78, 5) is 12.3. The molecular weight excluding hydrogens is 364 g/mol. The van der Waals surface area contributed by atoms with Crippen LogP contribution in [0.4, 0.5) is 0 Å². The van der Waals surface area contributed by atoms with Gasteiger partial charge in [-0.05, 0) is 44.5 Å². The van der Waals surface area contributed by atoms with E-state index < -0.39 is 0 Å². The zero-order valence-corrected chi connectivity index (χ0v) is 16.7. The van der Waals surface area contributed by atoms with Crippen molar-refractivity contribution in [2.24, 2.45) is 5.10 Å². The lowest BCUT2D eigenvalue weighted by atomic mass is 10.00. The van der Waals surface area contributed by atoms with Gasteiger partial charge in [-0.2, -0.15) is 5.10 Å². The van der Waals surface area contributed by atoms with Gasteiger partial charge < -0.3 is 9.51 Å². The summed E-state index contributed by atoms with van der Waals surface area (Å²) < 4.78 is 5.32. The summed E-state index contributed by atoms with van der Waals surface area (Å²) in [5.74, 6) is 0.803. The van der Waals surface area contributed by atoms with Crippen molar-refractivity contribution in [1.29, 1.82) is 0 Å². The highest BCUT2D eigenvalue weighted by Crippen LogP contribution is 2.34. The van der Waals surface area contributed by atoms with Gasteiger partial charge in [0.15, 0.2) is 0 Å².